The minimum absolute atomic E-state index is 0.0733. The number of nitriles is 1. The molecule has 11 heteroatoms. The van der Waals surface area contributed by atoms with E-state index in [0.717, 1.165) is 10.5 Å². The lowest BCUT2D eigenvalue weighted by atomic mass is 9.95. The van der Waals surface area contributed by atoms with E-state index >= 15 is 0 Å². The minimum Gasteiger partial charge on any atom is -0.508 e. The molecule has 0 spiro atoms. The number of hydrogen-bond acceptors (Lipinski definition) is 8. The first-order valence-electron chi connectivity index (χ1n) is 15.0. The Morgan fingerprint density at radius 3 is 2.00 bits per heavy atom. The number of amides is 3. The molecule has 0 saturated heterocycles. The Morgan fingerprint density at radius 2 is 1.49 bits per heavy atom. The Kier molecular flexibility index (Phi) is 13.0. The number of alkyl carbamates (subject to hydrolysis) is 1. The molecule has 2 rings (SSSR count). The topological polar surface area (TPSA) is 158 Å². The Balaban J connectivity index is 2.59. The normalized spacial score (nSPS) is 14.1. The Labute approximate surface area is 265 Å². The van der Waals surface area contributed by atoms with Crippen LogP contribution in [-0.4, -0.2) is 63.7 Å². The van der Waals surface area contributed by atoms with Crippen molar-refractivity contribution < 1.29 is 33.8 Å². The lowest BCUT2D eigenvalue weighted by Crippen LogP contribution is -2.56. The Bertz CT molecular complexity index is 1340. The average molecular weight is 623 g/mol. The van der Waals surface area contributed by atoms with Crippen LogP contribution in [0.15, 0.2) is 54.6 Å². The quantitative estimate of drug-likeness (QED) is 0.225. The van der Waals surface area contributed by atoms with Crippen molar-refractivity contribution in [3.63, 3.8) is 0 Å². The van der Waals surface area contributed by atoms with Gasteiger partial charge in [-0.1, -0.05) is 62.7 Å². The summed E-state index contributed by atoms with van der Waals surface area (Å²) >= 11 is 0. The maximum atomic E-state index is 14.2. The van der Waals surface area contributed by atoms with Crippen molar-refractivity contribution in [2.45, 2.75) is 97.6 Å². The molecule has 0 aliphatic carbocycles. The molecule has 2 aromatic rings. The number of nitrogens with one attached hydrogen (secondary N) is 2. The van der Waals surface area contributed by atoms with Gasteiger partial charge in [0.2, 0.25) is 11.8 Å². The van der Waals surface area contributed by atoms with Gasteiger partial charge in [0.1, 0.15) is 41.6 Å². The number of aromatic hydroxyl groups is 1. The van der Waals surface area contributed by atoms with Gasteiger partial charge in [0.05, 0.1) is 6.07 Å². The van der Waals surface area contributed by atoms with E-state index in [4.69, 9.17) is 9.47 Å². The molecule has 0 aromatic heterocycles. The van der Waals surface area contributed by atoms with Crippen LogP contribution in [0.25, 0.3) is 0 Å². The van der Waals surface area contributed by atoms with Gasteiger partial charge in [0, 0.05) is 6.42 Å². The van der Waals surface area contributed by atoms with E-state index in [-0.39, 0.29) is 17.7 Å². The number of hydrogen-bond donors (Lipinski definition) is 3. The molecule has 0 aliphatic rings. The molecule has 4 unspecified atom stereocenters. The number of ether oxygens (including phenoxy) is 2. The molecule has 244 valence electrons. The predicted octanol–water partition coefficient (Wildman–Crippen LogP) is 4.79. The van der Waals surface area contributed by atoms with Crippen LogP contribution in [0, 0.1) is 17.2 Å². The van der Waals surface area contributed by atoms with E-state index in [9.17, 15) is 29.5 Å². The summed E-state index contributed by atoms with van der Waals surface area (Å²) in [4.78, 5) is 55.6. The average Bonchev–Trinajstić information content (AvgIpc) is 2.94. The zero-order valence-electron chi connectivity index (χ0n) is 27.4. The van der Waals surface area contributed by atoms with E-state index in [2.05, 4.69) is 10.6 Å². The molecular formula is C34H46N4O7. The van der Waals surface area contributed by atoms with Gasteiger partial charge in [0.15, 0.2) is 0 Å². The predicted molar refractivity (Wildman–Crippen MR) is 169 cm³/mol. The fraction of sp³-hybridized carbons (Fsp3) is 0.500. The highest BCUT2D eigenvalue weighted by molar-refractivity contribution is 5.94. The van der Waals surface area contributed by atoms with Crippen molar-refractivity contribution in [3.8, 4) is 11.8 Å². The third-order valence-electron chi connectivity index (χ3n) is 6.73. The molecule has 11 nitrogen and oxygen atoms in total. The molecular weight excluding hydrogens is 576 g/mol. The van der Waals surface area contributed by atoms with E-state index in [1.165, 1.54) is 24.3 Å². The highest BCUT2D eigenvalue weighted by atomic mass is 16.6. The SMILES string of the molecule is CCC(C)C(NC(=O)OC(C)(C)C)C(=O)N(CC#N)C(C(=O)NC(Cc1ccccc1)C(=O)OC(C)(C)C)c1ccc(O)cc1. The molecule has 3 N–H and O–H groups in total. The molecule has 45 heavy (non-hydrogen) atoms. The van der Waals surface area contributed by atoms with Crippen LogP contribution < -0.4 is 10.6 Å². The molecule has 0 bridgehead atoms. The number of carbonyl (C=O) groups is 4. The third-order valence-corrected chi connectivity index (χ3v) is 6.73. The van der Waals surface area contributed by atoms with Gasteiger partial charge in [0.25, 0.3) is 0 Å². The van der Waals surface area contributed by atoms with Crippen molar-refractivity contribution in [1.82, 2.24) is 15.5 Å². The fourth-order valence-electron chi connectivity index (χ4n) is 4.47. The Hall–Kier alpha value is -4.59. The summed E-state index contributed by atoms with van der Waals surface area (Å²) in [6, 6.07) is 12.9. The molecule has 0 radical (unpaired) electrons. The Morgan fingerprint density at radius 1 is 0.911 bits per heavy atom. The number of benzene rings is 2. The van der Waals surface area contributed by atoms with Gasteiger partial charge >= 0.3 is 12.1 Å². The zero-order valence-corrected chi connectivity index (χ0v) is 27.4. The molecule has 0 saturated carbocycles. The second-order valence-electron chi connectivity index (χ2n) is 12.9. The second-order valence-corrected chi connectivity index (χ2v) is 12.9. The summed E-state index contributed by atoms with van der Waals surface area (Å²) in [6.45, 7) is 13.3. The van der Waals surface area contributed by atoms with E-state index in [1.807, 2.05) is 43.3 Å². The van der Waals surface area contributed by atoms with Crippen molar-refractivity contribution in [3.05, 3.63) is 65.7 Å². The van der Waals surface area contributed by atoms with Gasteiger partial charge in [-0.25, -0.2) is 9.59 Å². The van der Waals surface area contributed by atoms with Crippen LogP contribution in [-0.2, 0) is 30.3 Å². The highest BCUT2D eigenvalue weighted by Gasteiger charge is 2.39. The van der Waals surface area contributed by atoms with Crippen LogP contribution in [0.4, 0.5) is 4.79 Å². The summed E-state index contributed by atoms with van der Waals surface area (Å²) in [5, 5.41) is 25.1. The number of phenols is 1. The summed E-state index contributed by atoms with van der Waals surface area (Å²) < 4.78 is 11.0. The van der Waals surface area contributed by atoms with Crippen molar-refractivity contribution >= 4 is 23.9 Å². The minimum atomic E-state index is -1.41. The number of phenolic OH excluding ortho intramolecular Hbond substituents is 1. The summed E-state index contributed by atoms with van der Waals surface area (Å²) in [7, 11) is 0. The van der Waals surface area contributed by atoms with Crippen molar-refractivity contribution in [2.75, 3.05) is 6.54 Å². The standard InChI is InChI=1S/C34H46N4O7/c1-9-22(2)27(37-32(43)45-34(6,7)8)30(41)38(20-19-35)28(24-15-17-25(39)18-16-24)29(40)36-26(31(42)44-33(3,4)5)21-23-13-11-10-12-14-23/h10-18,22,26-28,39H,9,20-21H2,1-8H3,(H,36,40)(H,37,43). The molecule has 0 aliphatic heterocycles. The van der Waals surface area contributed by atoms with Gasteiger partial charge in [-0.3, -0.25) is 9.59 Å². The van der Waals surface area contributed by atoms with E-state index in [1.54, 1.807) is 48.5 Å². The van der Waals surface area contributed by atoms with Gasteiger partial charge in [-0.2, -0.15) is 5.26 Å². The van der Waals surface area contributed by atoms with Crippen molar-refractivity contribution in [2.24, 2.45) is 5.92 Å². The van der Waals surface area contributed by atoms with Gasteiger partial charge < -0.3 is 30.1 Å². The van der Waals surface area contributed by atoms with Crippen LogP contribution >= 0.6 is 0 Å². The zero-order chi connectivity index (χ0) is 33.9. The van der Waals surface area contributed by atoms with Crippen LogP contribution in [0.2, 0.25) is 0 Å². The van der Waals surface area contributed by atoms with E-state index in [0.29, 0.717) is 6.42 Å². The van der Waals surface area contributed by atoms with Crippen LogP contribution in [0.3, 0.4) is 0 Å². The number of esters is 1. The van der Waals surface area contributed by atoms with Gasteiger partial charge in [-0.15, -0.1) is 0 Å². The molecule has 0 heterocycles. The number of rotatable bonds is 12. The summed E-state index contributed by atoms with van der Waals surface area (Å²) in [5.74, 6) is -2.59. The van der Waals surface area contributed by atoms with Gasteiger partial charge in [-0.05, 0) is 70.7 Å². The maximum Gasteiger partial charge on any atom is 0.408 e. The van der Waals surface area contributed by atoms with Crippen LogP contribution in [0.5, 0.6) is 5.75 Å². The van der Waals surface area contributed by atoms with E-state index < -0.39 is 65.7 Å². The number of carbonyl (C=O) groups excluding carboxylic acids is 4. The second kappa shape index (κ2) is 15.9. The third kappa shape index (κ3) is 11.8. The summed E-state index contributed by atoms with van der Waals surface area (Å²) in [5.41, 5.74) is -0.634. The highest BCUT2D eigenvalue weighted by Crippen LogP contribution is 2.26. The molecule has 2 aromatic carbocycles. The van der Waals surface area contributed by atoms with Crippen LogP contribution in [0.1, 0.15) is 79.0 Å². The van der Waals surface area contributed by atoms with Crippen molar-refractivity contribution in [1.29, 1.82) is 5.26 Å². The molecule has 0 fully saturated rings. The monoisotopic (exact) mass is 622 g/mol. The first-order chi connectivity index (χ1) is 21.0. The lowest BCUT2D eigenvalue weighted by molar-refractivity contribution is -0.159. The first kappa shape index (κ1) is 36.6. The lowest BCUT2D eigenvalue weighted by Gasteiger charge is -2.35. The largest absolute Gasteiger partial charge is 0.508 e. The molecule has 4 atom stereocenters. The smallest absolute Gasteiger partial charge is 0.408 e. The molecule has 3 amide bonds. The summed E-state index contributed by atoms with van der Waals surface area (Å²) in [6.07, 6.45) is -0.233. The fourth-order valence-corrected chi connectivity index (χ4v) is 4.47. The first-order valence-corrected chi connectivity index (χ1v) is 15.0. The number of nitrogens with zero attached hydrogens (tertiary/aromatic N) is 2. The maximum absolute atomic E-state index is 14.2.